The second kappa shape index (κ2) is 7.52. The van der Waals surface area contributed by atoms with Crippen molar-refractivity contribution < 1.29 is 14.3 Å². The largest absolute Gasteiger partial charge is 0.497 e. The van der Waals surface area contributed by atoms with Crippen molar-refractivity contribution in [2.24, 2.45) is 0 Å². The molecule has 0 aliphatic carbocycles. The van der Waals surface area contributed by atoms with E-state index in [9.17, 15) is 9.59 Å². The standard InChI is InChI=1S/C17H20N4O3S/c1-11(22)19-16-20-14-7-8-21(10-15(14)25-16)17(23)18-9-12-3-5-13(24-2)6-4-12/h3-6H,7-10H2,1-2H3,(H,18,23)(H,19,20,22). The van der Waals surface area contributed by atoms with Crippen LogP contribution in [0.1, 0.15) is 23.1 Å². The molecule has 132 valence electrons. The SMILES string of the molecule is COc1ccc(CNC(=O)N2CCc3nc(NC(C)=O)sc3C2)cc1. The van der Waals surface area contributed by atoms with E-state index in [-0.39, 0.29) is 11.9 Å². The maximum atomic E-state index is 12.4. The van der Waals surface area contributed by atoms with E-state index in [1.54, 1.807) is 12.0 Å². The number of thiazole rings is 1. The summed E-state index contributed by atoms with van der Waals surface area (Å²) < 4.78 is 5.12. The second-order valence-electron chi connectivity index (χ2n) is 5.75. The van der Waals surface area contributed by atoms with Crippen LogP contribution in [0.25, 0.3) is 0 Å². The molecule has 1 aromatic carbocycles. The minimum Gasteiger partial charge on any atom is -0.497 e. The lowest BCUT2D eigenvalue weighted by atomic mass is 10.2. The number of anilines is 1. The Hall–Kier alpha value is -2.61. The Balaban J connectivity index is 1.56. The first-order valence-electron chi connectivity index (χ1n) is 7.97. The number of nitrogens with one attached hydrogen (secondary N) is 2. The fourth-order valence-electron chi connectivity index (χ4n) is 2.61. The van der Waals surface area contributed by atoms with Crippen LogP contribution in [-0.2, 0) is 24.3 Å². The quantitative estimate of drug-likeness (QED) is 0.877. The van der Waals surface area contributed by atoms with Crippen LogP contribution in [0.15, 0.2) is 24.3 Å². The normalized spacial score (nSPS) is 13.1. The highest BCUT2D eigenvalue weighted by Crippen LogP contribution is 2.28. The van der Waals surface area contributed by atoms with Crippen LogP contribution in [0.5, 0.6) is 5.75 Å². The van der Waals surface area contributed by atoms with E-state index in [0.29, 0.717) is 31.2 Å². The van der Waals surface area contributed by atoms with Crippen LogP contribution < -0.4 is 15.4 Å². The molecule has 0 fully saturated rings. The van der Waals surface area contributed by atoms with Crippen LogP contribution in [0, 0.1) is 0 Å². The van der Waals surface area contributed by atoms with E-state index >= 15 is 0 Å². The molecular weight excluding hydrogens is 340 g/mol. The molecule has 0 spiro atoms. The number of rotatable bonds is 4. The van der Waals surface area contributed by atoms with Crippen LogP contribution in [-0.4, -0.2) is 35.5 Å². The Kier molecular flexibility index (Phi) is 5.18. The molecule has 2 aromatic rings. The Bertz CT molecular complexity index is 773. The van der Waals surface area contributed by atoms with Gasteiger partial charge in [-0.05, 0) is 17.7 Å². The van der Waals surface area contributed by atoms with Gasteiger partial charge in [0.15, 0.2) is 5.13 Å². The predicted molar refractivity (Wildman–Crippen MR) is 95.8 cm³/mol. The molecule has 1 aromatic heterocycles. The molecule has 0 saturated heterocycles. The summed E-state index contributed by atoms with van der Waals surface area (Å²) in [6.45, 7) is 3.05. The molecule has 3 rings (SSSR count). The molecule has 1 aliphatic heterocycles. The number of ether oxygens (including phenoxy) is 1. The minimum absolute atomic E-state index is 0.101. The molecule has 0 unspecified atom stereocenters. The van der Waals surface area contributed by atoms with Gasteiger partial charge in [0.1, 0.15) is 5.75 Å². The number of hydrogen-bond acceptors (Lipinski definition) is 5. The van der Waals surface area contributed by atoms with E-state index < -0.39 is 0 Å². The number of hydrogen-bond donors (Lipinski definition) is 2. The van der Waals surface area contributed by atoms with Crippen LogP contribution in [0.2, 0.25) is 0 Å². The fraction of sp³-hybridized carbons (Fsp3) is 0.353. The van der Waals surface area contributed by atoms with E-state index in [1.165, 1.54) is 18.3 Å². The molecule has 25 heavy (non-hydrogen) atoms. The molecule has 0 atom stereocenters. The highest BCUT2D eigenvalue weighted by Gasteiger charge is 2.24. The first-order valence-corrected chi connectivity index (χ1v) is 8.78. The molecule has 8 heteroatoms. The van der Waals surface area contributed by atoms with Gasteiger partial charge in [0.25, 0.3) is 0 Å². The molecule has 0 saturated carbocycles. The zero-order valence-electron chi connectivity index (χ0n) is 14.2. The summed E-state index contributed by atoms with van der Waals surface area (Å²) in [5, 5.41) is 6.23. The third kappa shape index (κ3) is 4.27. The minimum atomic E-state index is -0.139. The monoisotopic (exact) mass is 360 g/mol. The van der Waals surface area contributed by atoms with Gasteiger partial charge in [0.05, 0.1) is 19.3 Å². The van der Waals surface area contributed by atoms with Crippen LogP contribution >= 0.6 is 11.3 Å². The summed E-state index contributed by atoms with van der Waals surface area (Å²) in [5.74, 6) is 0.652. The summed E-state index contributed by atoms with van der Waals surface area (Å²) in [6, 6.07) is 7.49. The lowest BCUT2D eigenvalue weighted by Gasteiger charge is -2.26. The van der Waals surface area contributed by atoms with E-state index in [4.69, 9.17) is 4.74 Å². The second-order valence-corrected chi connectivity index (χ2v) is 6.83. The molecule has 7 nitrogen and oxygen atoms in total. The summed E-state index contributed by atoms with van der Waals surface area (Å²) >= 11 is 1.42. The summed E-state index contributed by atoms with van der Waals surface area (Å²) in [5.41, 5.74) is 1.98. The van der Waals surface area contributed by atoms with Crippen molar-refractivity contribution in [2.45, 2.75) is 26.4 Å². The molecule has 0 radical (unpaired) electrons. The lowest BCUT2D eigenvalue weighted by Crippen LogP contribution is -2.42. The summed E-state index contributed by atoms with van der Waals surface area (Å²) in [6.07, 6.45) is 0.696. The molecular formula is C17H20N4O3S. The fourth-order valence-corrected chi connectivity index (χ4v) is 3.68. The first-order chi connectivity index (χ1) is 12.0. The zero-order valence-corrected chi connectivity index (χ0v) is 15.0. The number of nitrogens with zero attached hydrogens (tertiary/aromatic N) is 2. The molecule has 0 bridgehead atoms. The Morgan fingerprint density at radius 1 is 1.32 bits per heavy atom. The Labute approximate surface area is 150 Å². The molecule has 2 heterocycles. The van der Waals surface area contributed by atoms with Gasteiger partial charge in [-0.2, -0.15) is 0 Å². The van der Waals surface area contributed by atoms with Crippen LogP contribution in [0.4, 0.5) is 9.93 Å². The Morgan fingerprint density at radius 3 is 2.76 bits per heavy atom. The van der Waals surface area contributed by atoms with Crippen molar-refractivity contribution in [2.75, 3.05) is 19.0 Å². The van der Waals surface area contributed by atoms with Crippen molar-refractivity contribution in [3.8, 4) is 5.75 Å². The van der Waals surface area contributed by atoms with Crippen molar-refractivity contribution in [3.63, 3.8) is 0 Å². The van der Waals surface area contributed by atoms with E-state index in [2.05, 4.69) is 15.6 Å². The van der Waals surface area contributed by atoms with Crippen LogP contribution in [0.3, 0.4) is 0 Å². The van der Waals surface area contributed by atoms with Crippen molar-refractivity contribution in [1.29, 1.82) is 0 Å². The smallest absolute Gasteiger partial charge is 0.318 e. The number of amides is 3. The van der Waals surface area contributed by atoms with E-state index in [1.807, 2.05) is 24.3 Å². The number of aromatic nitrogens is 1. The van der Waals surface area contributed by atoms with Crippen molar-refractivity contribution in [1.82, 2.24) is 15.2 Å². The number of benzene rings is 1. The predicted octanol–water partition coefficient (Wildman–Crippen LogP) is 2.38. The summed E-state index contributed by atoms with van der Waals surface area (Å²) in [7, 11) is 1.62. The van der Waals surface area contributed by atoms with Crippen molar-refractivity contribution in [3.05, 3.63) is 40.4 Å². The van der Waals surface area contributed by atoms with Gasteiger partial charge in [-0.15, -0.1) is 0 Å². The van der Waals surface area contributed by atoms with Gasteiger partial charge < -0.3 is 20.3 Å². The zero-order chi connectivity index (χ0) is 17.8. The number of carbonyl (C=O) groups excluding carboxylic acids is 2. The average molecular weight is 360 g/mol. The number of fused-ring (bicyclic) bond motifs is 1. The van der Waals surface area contributed by atoms with Gasteiger partial charge in [-0.3, -0.25) is 4.79 Å². The van der Waals surface area contributed by atoms with Gasteiger partial charge in [-0.25, -0.2) is 9.78 Å². The van der Waals surface area contributed by atoms with Crippen molar-refractivity contribution >= 4 is 28.4 Å². The number of methoxy groups -OCH3 is 1. The molecule has 3 amide bonds. The average Bonchev–Trinajstić information content (AvgIpc) is 3.00. The number of urea groups is 1. The molecule has 2 N–H and O–H groups in total. The lowest BCUT2D eigenvalue weighted by molar-refractivity contribution is -0.114. The van der Waals surface area contributed by atoms with Gasteiger partial charge in [0, 0.05) is 31.3 Å². The van der Waals surface area contributed by atoms with Gasteiger partial charge in [0.2, 0.25) is 5.91 Å². The Morgan fingerprint density at radius 2 is 2.08 bits per heavy atom. The van der Waals surface area contributed by atoms with Gasteiger partial charge in [-0.1, -0.05) is 23.5 Å². The third-order valence-corrected chi connectivity index (χ3v) is 4.90. The highest BCUT2D eigenvalue weighted by atomic mass is 32.1. The van der Waals surface area contributed by atoms with E-state index in [0.717, 1.165) is 21.9 Å². The maximum Gasteiger partial charge on any atom is 0.318 e. The highest BCUT2D eigenvalue weighted by molar-refractivity contribution is 7.15. The third-order valence-electron chi connectivity index (χ3n) is 3.90. The maximum absolute atomic E-state index is 12.4. The van der Waals surface area contributed by atoms with Gasteiger partial charge >= 0.3 is 6.03 Å². The first kappa shape index (κ1) is 17.2. The topological polar surface area (TPSA) is 83.6 Å². The summed E-state index contributed by atoms with van der Waals surface area (Å²) in [4.78, 5) is 30.7. The molecule has 1 aliphatic rings. The number of carbonyl (C=O) groups is 2.